The fourth-order valence-corrected chi connectivity index (χ4v) is 3.28. The first-order chi connectivity index (χ1) is 13.6. The molecule has 2 heterocycles. The van der Waals surface area contributed by atoms with Crippen LogP contribution >= 0.6 is 0 Å². The summed E-state index contributed by atoms with van der Waals surface area (Å²) in [4.78, 5) is 18.9. The van der Waals surface area contributed by atoms with Gasteiger partial charge >= 0.3 is 6.03 Å². The lowest BCUT2D eigenvalue weighted by atomic mass is 9.99. The molecule has 7 nitrogen and oxygen atoms in total. The number of urea groups is 1. The van der Waals surface area contributed by atoms with Crippen LogP contribution in [-0.4, -0.2) is 49.8 Å². The van der Waals surface area contributed by atoms with Crippen molar-refractivity contribution in [1.82, 2.24) is 9.88 Å². The number of carbonyl (C=O) groups is 1. The van der Waals surface area contributed by atoms with Gasteiger partial charge in [0.25, 0.3) is 0 Å². The van der Waals surface area contributed by atoms with E-state index in [1.54, 1.807) is 32.4 Å². The topological polar surface area (TPSA) is 72.9 Å². The first-order valence-corrected chi connectivity index (χ1v) is 9.43. The molecule has 150 valence electrons. The fraction of sp³-hybridized carbons (Fsp3) is 0.429. The average molecular weight is 385 g/mol. The lowest BCUT2D eigenvalue weighted by Crippen LogP contribution is -2.43. The summed E-state index contributed by atoms with van der Waals surface area (Å²) in [6.45, 7) is 3.86. The third-order valence-electron chi connectivity index (χ3n) is 4.79. The summed E-state index contributed by atoms with van der Waals surface area (Å²) in [5, 5.41) is 2.94. The zero-order valence-electron chi connectivity index (χ0n) is 16.6. The van der Waals surface area contributed by atoms with Crippen molar-refractivity contribution in [2.75, 3.05) is 39.2 Å². The highest BCUT2D eigenvalue weighted by Crippen LogP contribution is 2.29. The van der Waals surface area contributed by atoms with Gasteiger partial charge in [-0.2, -0.15) is 0 Å². The minimum absolute atomic E-state index is 0.137. The molecule has 1 N–H and O–H groups in total. The van der Waals surface area contributed by atoms with Crippen molar-refractivity contribution in [3.05, 3.63) is 42.1 Å². The number of aromatic nitrogens is 1. The molecule has 3 rings (SSSR count). The van der Waals surface area contributed by atoms with E-state index >= 15 is 0 Å². The van der Waals surface area contributed by atoms with Crippen LogP contribution in [0.1, 0.15) is 18.5 Å². The highest BCUT2D eigenvalue weighted by molar-refractivity contribution is 5.91. The van der Waals surface area contributed by atoms with Gasteiger partial charge in [0.05, 0.1) is 26.5 Å². The molecule has 1 atom stereocenters. The number of rotatable bonds is 6. The number of benzene rings is 1. The Morgan fingerprint density at radius 3 is 2.86 bits per heavy atom. The van der Waals surface area contributed by atoms with E-state index in [0.29, 0.717) is 36.2 Å². The molecule has 1 aliphatic rings. The van der Waals surface area contributed by atoms with Crippen LogP contribution in [0.3, 0.4) is 0 Å². The molecule has 0 saturated carbocycles. The van der Waals surface area contributed by atoms with Crippen LogP contribution in [0, 0.1) is 12.8 Å². The molecule has 1 saturated heterocycles. The second-order valence-corrected chi connectivity index (χ2v) is 6.88. The summed E-state index contributed by atoms with van der Waals surface area (Å²) in [6.07, 6.45) is 1.98. The number of anilines is 1. The molecule has 1 aromatic heterocycles. The maximum absolute atomic E-state index is 12.7. The Balaban J connectivity index is 1.57. The normalized spacial score (nSPS) is 16.4. The first kappa shape index (κ1) is 19.8. The molecule has 7 heteroatoms. The summed E-state index contributed by atoms with van der Waals surface area (Å²) < 4.78 is 16.4. The quantitative estimate of drug-likeness (QED) is 0.820. The number of nitrogens with zero attached hydrogens (tertiary/aromatic N) is 2. The Bertz CT molecular complexity index is 812. The number of amides is 2. The first-order valence-electron chi connectivity index (χ1n) is 9.43. The number of likely N-dealkylation sites (tertiary alicyclic amines) is 1. The summed E-state index contributed by atoms with van der Waals surface area (Å²) in [6, 6.07) is 10.9. The Hall–Kier alpha value is -2.96. The second kappa shape index (κ2) is 9.30. The molecule has 0 bridgehead atoms. The summed E-state index contributed by atoms with van der Waals surface area (Å²) in [7, 11) is 3.16. The van der Waals surface area contributed by atoms with E-state index in [-0.39, 0.29) is 11.9 Å². The van der Waals surface area contributed by atoms with Crippen LogP contribution in [0.5, 0.6) is 17.4 Å². The number of carbonyl (C=O) groups excluding carboxylic acids is 1. The van der Waals surface area contributed by atoms with Crippen molar-refractivity contribution in [2.45, 2.75) is 19.8 Å². The van der Waals surface area contributed by atoms with Crippen molar-refractivity contribution in [2.24, 2.45) is 5.92 Å². The second-order valence-electron chi connectivity index (χ2n) is 6.88. The van der Waals surface area contributed by atoms with E-state index in [0.717, 1.165) is 25.1 Å². The van der Waals surface area contributed by atoms with Gasteiger partial charge in [-0.1, -0.05) is 6.07 Å². The molecule has 1 aliphatic heterocycles. The van der Waals surface area contributed by atoms with Crippen LogP contribution in [0.2, 0.25) is 0 Å². The van der Waals surface area contributed by atoms with Crippen LogP contribution in [-0.2, 0) is 0 Å². The van der Waals surface area contributed by atoms with Crippen LogP contribution in [0.15, 0.2) is 36.4 Å². The monoisotopic (exact) mass is 385 g/mol. The molecule has 0 radical (unpaired) electrons. The van der Waals surface area contributed by atoms with Gasteiger partial charge in [-0.05, 0) is 38.0 Å². The number of nitrogens with one attached hydrogen (secondary N) is 1. The molecule has 28 heavy (non-hydrogen) atoms. The van der Waals surface area contributed by atoms with Gasteiger partial charge in [0, 0.05) is 36.8 Å². The number of hydrogen-bond acceptors (Lipinski definition) is 5. The minimum atomic E-state index is -0.137. The number of aryl methyl sites for hydroxylation is 1. The molecule has 2 amide bonds. The molecule has 0 spiro atoms. The zero-order valence-corrected chi connectivity index (χ0v) is 16.6. The zero-order chi connectivity index (χ0) is 19.9. The average Bonchev–Trinajstić information content (AvgIpc) is 2.72. The molecule has 1 fully saturated rings. The molecule has 1 unspecified atom stereocenters. The number of pyridine rings is 1. The van der Waals surface area contributed by atoms with Crippen LogP contribution in [0.4, 0.5) is 10.5 Å². The van der Waals surface area contributed by atoms with Crippen molar-refractivity contribution >= 4 is 11.7 Å². The largest absolute Gasteiger partial charge is 0.497 e. The van der Waals surface area contributed by atoms with Crippen molar-refractivity contribution < 1.29 is 19.0 Å². The van der Waals surface area contributed by atoms with E-state index in [4.69, 9.17) is 14.2 Å². The number of hydrogen-bond donors (Lipinski definition) is 1. The number of piperidine rings is 1. The van der Waals surface area contributed by atoms with E-state index in [1.165, 1.54) is 0 Å². The fourth-order valence-electron chi connectivity index (χ4n) is 3.28. The molecular formula is C21H27N3O4. The van der Waals surface area contributed by atoms with E-state index in [2.05, 4.69) is 10.3 Å². The Labute approximate surface area is 165 Å². The maximum atomic E-state index is 12.7. The maximum Gasteiger partial charge on any atom is 0.321 e. The Morgan fingerprint density at radius 2 is 2.11 bits per heavy atom. The van der Waals surface area contributed by atoms with Crippen LogP contribution < -0.4 is 19.5 Å². The highest BCUT2D eigenvalue weighted by atomic mass is 16.5. The third kappa shape index (κ3) is 5.06. The molecular weight excluding hydrogens is 358 g/mol. The van der Waals surface area contributed by atoms with Gasteiger partial charge in [0.2, 0.25) is 5.88 Å². The van der Waals surface area contributed by atoms with Crippen molar-refractivity contribution in [1.29, 1.82) is 0 Å². The summed E-state index contributed by atoms with van der Waals surface area (Å²) in [5.41, 5.74) is 1.55. The van der Waals surface area contributed by atoms with Gasteiger partial charge in [0.1, 0.15) is 11.5 Å². The predicted molar refractivity (Wildman–Crippen MR) is 107 cm³/mol. The molecule has 1 aromatic carbocycles. The minimum Gasteiger partial charge on any atom is -0.497 e. The van der Waals surface area contributed by atoms with Crippen LogP contribution in [0.25, 0.3) is 0 Å². The van der Waals surface area contributed by atoms with Gasteiger partial charge in [-0.25, -0.2) is 9.78 Å². The van der Waals surface area contributed by atoms with E-state index in [9.17, 15) is 4.79 Å². The number of methoxy groups -OCH3 is 2. The van der Waals surface area contributed by atoms with Crippen molar-refractivity contribution in [3.63, 3.8) is 0 Å². The smallest absolute Gasteiger partial charge is 0.321 e. The van der Waals surface area contributed by atoms with Gasteiger partial charge < -0.3 is 24.4 Å². The Kier molecular flexibility index (Phi) is 6.57. The van der Waals surface area contributed by atoms with Gasteiger partial charge in [0.15, 0.2) is 0 Å². The molecule has 2 aromatic rings. The summed E-state index contributed by atoms with van der Waals surface area (Å²) in [5.74, 6) is 2.15. The highest BCUT2D eigenvalue weighted by Gasteiger charge is 2.25. The van der Waals surface area contributed by atoms with Gasteiger partial charge in [-0.15, -0.1) is 0 Å². The van der Waals surface area contributed by atoms with Gasteiger partial charge in [-0.3, -0.25) is 0 Å². The third-order valence-corrected chi connectivity index (χ3v) is 4.79. The van der Waals surface area contributed by atoms with E-state index in [1.807, 2.05) is 30.0 Å². The summed E-state index contributed by atoms with van der Waals surface area (Å²) >= 11 is 0. The Morgan fingerprint density at radius 1 is 1.25 bits per heavy atom. The standard InChI is InChI=1S/C21H27N3O4/c1-15-6-4-8-20(22-15)28-14-16-7-5-11-24(13-16)21(25)23-18-10-9-17(26-2)12-19(18)27-3/h4,6,8-10,12,16H,5,7,11,13-14H2,1-3H3,(H,23,25). The van der Waals surface area contributed by atoms with E-state index < -0.39 is 0 Å². The lowest BCUT2D eigenvalue weighted by molar-refractivity contribution is 0.143. The molecule has 0 aliphatic carbocycles. The number of ether oxygens (including phenoxy) is 3. The lowest BCUT2D eigenvalue weighted by Gasteiger charge is -2.32. The predicted octanol–water partition coefficient (Wildman–Crippen LogP) is 3.73. The SMILES string of the molecule is COc1ccc(NC(=O)N2CCCC(COc3cccc(C)n3)C2)c(OC)c1. The van der Waals surface area contributed by atoms with Crippen molar-refractivity contribution in [3.8, 4) is 17.4 Å².